The highest BCUT2D eigenvalue weighted by Crippen LogP contribution is 2.35. The Hall–Kier alpha value is -3.90. The van der Waals surface area contributed by atoms with Crippen LogP contribution in [0.2, 0.25) is 0 Å². The summed E-state index contributed by atoms with van der Waals surface area (Å²) in [5.41, 5.74) is 3.16. The molecule has 0 radical (unpaired) electrons. The van der Waals surface area contributed by atoms with Crippen molar-refractivity contribution in [2.45, 2.75) is 46.4 Å². The number of carbonyl (C=O) groups excluding carboxylic acids is 1. The van der Waals surface area contributed by atoms with Gasteiger partial charge in [0.2, 0.25) is 0 Å². The molecule has 1 aromatic heterocycles. The highest BCUT2D eigenvalue weighted by atomic mass is 127. The minimum atomic E-state index is -0.705. The number of rotatable bonds is 10. The number of methoxy groups -OCH3 is 1. The van der Waals surface area contributed by atoms with E-state index in [9.17, 15) is 9.59 Å². The number of benzene rings is 3. The fourth-order valence-electron chi connectivity index (χ4n) is 4.95. The maximum atomic E-state index is 14.0. The summed E-state index contributed by atoms with van der Waals surface area (Å²) in [5.74, 6) is 1.40. The fourth-order valence-corrected chi connectivity index (χ4v) is 6.78. The van der Waals surface area contributed by atoms with Crippen LogP contribution in [0, 0.1) is 3.57 Å². The van der Waals surface area contributed by atoms with Crippen LogP contribution in [0.3, 0.4) is 0 Å². The second kappa shape index (κ2) is 13.8. The van der Waals surface area contributed by atoms with Gasteiger partial charge in [0.05, 0.1) is 45.2 Å². The lowest BCUT2D eigenvalue weighted by Gasteiger charge is -2.25. The number of allylic oxidation sites excluding steroid dienone is 1. The Kier molecular flexibility index (Phi) is 9.90. The van der Waals surface area contributed by atoms with Gasteiger partial charge in [-0.05, 0) is 97.3 Å². The summed E-state index contributed by atoms with van der Waals surface area (Å²) in [5, 5.41) is 0. The largest absolute Gasteiger partial charge is 0.493 e. The van der Waals surface area contributed by atoms with Gasteiger partial charge in [-0.25, -0.2) is 9.79 Å². The lowest BCUT2D eigenvalue weighted by Crippen LogP contribution is -2.39. The first-order chi connectivity index (χ1) is 21.2. The number of ether oxygens (including phenoxy) is 4. The van der Waals surface area contributed by atoms with Crippen molar-refractivity contribution in [3.05, 3.63) is 118 Å². The molecule has 0 spiro atoms. The molecule has 1 aliphatic rings. The Morgan fingerprint density at radius 2 is 1.84 bits per heavy atom. The topological polar surface area (TPSA) is 88.4 Å². The van der Waals surface area contributed by atoms with E-state index in [4.69, 9.17) is 18.9 Å². The minimum absolute atomic E-state index is 0.0157. The van der Waals surface area contributed by atoms with Crippen molar-refractivity contribution >= 4 is 46.0 Å². The predicted octanol–water partition coefficient (Wildman–Crippen LogP) is 5.78. The van der Waals surface area contributed by atoms with Crippen LogP contribution in [0.25, 0.3) is 6.08 Å². The average Bonchev–Trinajstić information content (AvgIpc) is 3.30. The fraction of sp³-hybridized carbons (Fsp3) is 0.265. The van der Waals surface area contributed by atoms with Gasteiger partial charge in [0, 0.05) is 0 Å². The third-order valence-corrected chi connectivity index (χ3v) is 8.64. The summed E-state index contributed by atoms with van der Waals surface area (Å²) in [6, 6.07) is 20.4. The Morgan fingerprint density at radius 1 is 1.11 bits per heavy atom. The first-order valence-electron chi connectivity index (χ1n) is 14.2. The van der Waals surface area contributed by atoms with Crippen molar-refractivity contribution < 1.29 is 23.7 Å². The molecule has 5 rings (SSSR count). The molecule has 0 bridgehead atoms. The number of hydrogen-bond acceptors (Lipinski definition) is 8. The van der Waals surface area contributed by atoms with E-state index in [1.165, 1.54) is 11.3 Å². The van der Waals surface area contributed by atoms with E-state index in [0.717, 1.165) is 20.3 Å². The highest BCUT2D eigenvalue weighted by molar-refractivity contribution is 14.1. The van der Waals surface area contributed by atoms with Crippen LogP contribution in [-0.2, 0) is 16.1 Å². The highest BCUT2D eigenvalue weighted by Gasteiger charge is 2.33. The number of esters is 1. The van der Waals surface area contributed by atoms with Gasteiger partial charge in [-0.3, -0.25) is 9.36 Å². The van der Waals surface area contributed by atoms with Crippen LogP contribution in [-0.4, -0.2) is 30.4 Å². The van der Waals surface area contributed by atoms with Crippen LogP contribution in [0.1, 0.15) is 50.4 Å². The summed E-state index contributed by atoms with van der Waals surface area (Å²) < 4.78 is 25.9. The van der Waals surface area contributed by atoms with Crippen LogP contribution in [0.4, 0.5) is 0 Å². The number of thiazole rings is 1. The summed E-state index contributed by atoms with van der Waals surface area (Å²) in [6.45, 7) is 8.05. The Labute approximate surface area is 273 Å². The van der Waals surface area contributed by atoms with Gasteiger partial charge in [-0.1, -0.05) is 53.8 Å². The first-order valence-corrected chi connectivity index (χ1v) is 16.1. The predicted molar refractivity (Wildman–Crippen MR) is 179 cm³/mol. The molecule has 0 aliphatic carbocycles. The Balaban J connectivity index is 1.57. The van der Waals surface area contributed by atoms with Crippen molar-refractivity contribution in [2.75, 3.05) is 13.7 Å². The van der Waals surface area contributed by atoms with E-state index in [0.29, 0.717) is 44.5 Å². The molecule has 8 nitrogen and oxygen atoms in total. The number of nitrogens with zero attached hydrogens (tertiary/aromatic N) is 2. The van der Waals surface area contributed by atoms with E-state index in [1.54, 1.807) is 25.5 Å². The molecule has 44 heavy (non-hydrogen) atoms. The smallest absolute Gasteiger partial charge is 0.338 e. The van der Waals surface area contributed by atoms with Crippen LogP contribution in [0.5, 0.6) is 17.2 Å². The van der Waals surface area contributed by atoms with E-state index in [2.05, 4.69) is 27.6 Å². The normalized spacial score (nSPS) is 14.7. The van der Waals surface area contributed by atoms with Crippen LogP contribution >= 0.6 is 33.9 Å². The van der Waals surface area contributed by atoms with Crippen molar-refractivity contribution in [3.8, 4) is 17.2 Å². The van der Waals surface area contributed by atoms with Crippen LogP contribution in [0.15, 0.2) is 87.8 Å². The van der Waals surface area contributed by atoms with Gasteiger partial charge in [0.25, 0.3) is 5.56 Å². The van der Waals surface area contributed by atoms with Crippen LogP contribution < -0.4 is 29.1 Å². The summed E-state index contributed by atoms with van der Waals surface area (Å²) in [4.78, 5) is 32.4. The molecule has 0 saturated carbocycles. The van der Waals surface area contributed by atoms with E-state index in [-0.39, 0.29) is 18.3 Å². The molecule has 0 saturated heterocycles. The number of carbonyl (C=O) groups is 1. The quantitative estimate of drug-likeness (QED) is 0.152. The Morgan fingerprint density at radius 3 is 2.50 bits per heavy atom. The maximum Gasteiger partial charge on any atom is 0.338 e. The molecule has 4 aromatic rings. The van der Waals surface area contributed by atoms with E-state index in [1.807, 2.05) is 86.7 Å². The number of hydrogen-bond donors (Lipinski definition) is 0. The van der Waals surface area contributed by atoms with Crippen molar-refractivity contribution in [2.24, 2.45) is 4.99 Å². The summed E-state index contributed by atoms with van der Waals surface area (Å²) in [7, 11) is 1.59. The van der Waals surface area contributed by atoms with Gasteiger partial charge < -0.3 is 18.9 Å². The standard InChI is InChI=1S/C34H33IN2O6S/c1-6-41-33(39)29-21(4)36-34-37(30(29)24-12-14-25(15-13-24)43-20(2)3)32(38)28(44-34)18-23-16-26(35)31(27(17-23)40-5)42-19-22-10-8-7-9-11-22/h7-18,20,30H,6,19H2,1-5H3/b28-18-/t30-/m0/s1. The molecule has 1 aliphatic heterocycles. The number of aromatic nitrogens is 1. The van der Waals surface area contributed by atoms with E-state index < -0.39 is 12.0 Å². The van der Waals surface area contributed by atoms with E-state index >= 15 is 0 Å². The lowest BCUT2D eigenvalue weighted by molar-refractivity contribution is -0.139. The molecular weight excluding hydrogens is 691 g/mol. The van der Waals surface area contributed by atoms with Gasteiger partial charge in [0.1, 0.15) is 12.4 Å². The molecule has 2 heterocycles. The molecule has 1 atom stereocenters. The summed E-state index contributed by atoms with van der Waals surface area (Å²) in [6.07, 6.45) is 1.83. The zero-order chi connectivity index (χ0) is 31.4. The number of halogens is 1. The molecule has 10 heteroatoms. The zero-order valence-electron chi connectivity index (χ0n) is 25.1. The molecule has 0 N–H and O–H groups in total. The zero-order valence-corrected chi connectivity index (χ0v) is 28.1. The van der Waals surface area contributed by atoms with Crippen molar-refractivity contribution in [1.82, 2.24) is 4.57 Å². The van der Waals surface area contributed by atoms with Gasteiger partial charge in [0.15, 0.2) is 16.3 Å². The number of fused-ring (bicyclic) bond motifs is 1. The van der Waals surface area contributed by atoms with Gasteiger partial charge in [-0.15, -0.1) is 0 Å². The molecule has 0 amide bonds. The van der Waals surface area contributed by atoms with Gasteiger partial charge >= 0.3 is 5.97 Å². The third kappa shape index (κ3) is 6.76. The molecule has 3 aromatic carbocycles. The monoisotopic (exact) mass is 724 g/mol. The van der Waals surface area contributed by atoms with Crippen molar-refractivity contribution in [1.29, 1.82) is 0 Å². The second-order valence-electron chi connectivity index (χ2n) is 10.3. The maximum absolute atomic E-state index is 14.0. The SMILES string of the molecule is CCOC(=O)C1=C(C)N=c2s/c(=C\c3cc(I)c(OCc4ccccc4)c(OC)c3)c(=O)n2[C@H]1c1ccc(OC(C)C)cc1. The lowest BCUT2D eigenvalue weighted by atomic mass is 9.96. The van der Waals surface area contributed by atoms with Gasteiger partial charge in [-0.2, -0.15) is 0 Å². The second-order valence-corrected chi connectivity index (χ2v) is 12.5. The third-order valence-electron chi connectivity index (χ3n) is 6.86. The van der Waals surface area contributed by atoms with Crippen molar-refractivity contribution in [3.63, 3.8) is 0 Å². The molecule has 0 unspecified atom stereocenters. The molecular formula is C34H33IN2O6S. The average molecular weight is 725 g/mol. The molecule has 0 fully saturated rings. The first kappa shape index (κ1) is 31.5. The Bertz CT molecular complexity index is 1880. The summed E-state index contributed by atoms with van der Waals surface area (Å²) >= 11 is 3.49. The molecule has 228 valence electrons. The minimum Gasteiger partial charge on any atom is -0.493 e.